The van der Waals surface area contributed by atoms with Gasteiger partial charge in [-0.3, -0.25) is 9.69 Å². The summed E-state index contributed by atoms with van der Waals surface area (Å²) in [5.41, 5.74) is 1.89. The van der Waals surface area contributed by atoms with Crippen LogP contribution in [0, 0.1) is 17.8 Å². The first-order chi connectivity index (χ1) is 13.6. The van der Waals surface area contributed by atoms with E-state index >= 15 is 0 Å². The van der Waals surface area contributed by atoms with E-state index < -0.39 is 0 Å². The van der Waals surface area contributed by atoms with Crippen LogP contribution in [0.25, 0.3) is 0 Å². The fraction of sp³-hybridized carbons (Fsp3) is 0.500. The Balaban J connectivity index is 1.24. The lowest BCUT2D eigenvalue weighted by Crippen LogP contribution is -2.38. The summed E-state index contributed by atoms with van der Waals surface area (Å²) in [7, 11) is 0. The number of ketones is 1. The van der Waals surface area contributed by atoms with Gasteiger partial charge >= 0.3 is 0 Å². The van der Waals surface area contributed by atoms with E-state index in [0.29, 0.717) is 5.69 Å². The van der Waals surface area contributed by atoms with Crippen LogP contribution >= 0.6 is 0 Å². The SMILES string of the molecule is CC(C(=O)c1ccc(O)cn1)N1C[C@H]2CC(CCCc3ccccc3)C[C@H]2C1. The number of aromatic nitrogens is 1. The fourth-order valence-electron chi connectivity index (χ4n) is 5.16. The van der Waals surface area contributed by atoms with Crippen molar-refractivity contribution in [1.82, 2.24) is 9.88 Å². The molecule has 0 bridgehead atoms. The monoisotopic (exact) mass is 378 g/mol. The van der Waals surface area contributed by atoms with Crippen LogP contribution < -0.4 is 0 Å². The number of fused-ring (bicyclic) bond motifs is 1. The molecule has 4 nitrogen and oxygen atoms in total. The zero-order valence-corrected chi connectivity index (χ0v) is 16.6. The molecular weight excluding hydrogens is 348 g/mol. The largest absolute Gasteiger partial charge is 0.506 e. The van der Waals surface area contributed by atoms with Crippen LogP contribution in [0.3, 0.4) is 0 Å². The molecule has 2 fully saturated rings. The van der Waals surface area contributed by atoms with E-state index in [1.165, 1.54) is 49.9 Å². The van der Waals surface area contributed by atoms with Gasteiger partial charge in [-0.25, -0.2) is 4.98 Å². The average molecular weight is 379 g/mol. The molecule has 4 atom stereocenters. The smallest absolute Gasteiger partial charge is 0.197 e. The number of hydrogen-bond acceptors (Lipinski definition) is 4. The first kappa shape index (κ1) is 19.1. The van der Waals surface area contributed by atoms with Crippen molar-refractivity contribution in [2.24, 2.45) is 17.8 Å². The predicted molar refractivity (Wildman–Crippen MR) is 110 cm³/mol. The molecule has 2 heterocycles. The van der Waals surface area contributed by atoms with Gasteiger partial charge in [0.05, 0.1) is 12.2 Å². The Labute approximate surface area is 167 Å². The van der Waals surface area contributed by atoms with Gasteiger partial charge in [-0.1, -0.05) is 36.8 Å². The Morgan fingerprint density at radius 2 is 1.86 bits per heavy atom. The normalized spacial score (nSPS) is 25.5. The average Bonchev–Trinajstić information content (AvgIpc) is 3.27. The lowest BCUT2D eigenvalue weighted by Gasteiger charge is -2.24. The summed E-state index contributed by atoms with van der Waals surface area (Å²) in [5.74, 6) is 2.48. The summed E-state index contributed by atoms with van der Waals surface area (Å²) < 4.78 is 0. The Morgan fingerprint density at radius 3 is 2.50 bits per heavy atom. The van der Waals surface area contributed by atoms with Crippen molar-refractivity contribution in [2.45, 2.75) is 45.1 Å². The van der Waals surface area contributed by atoms with Crippen LogP contribution in [0.4, 0.5) is 0 Å². The van der Waals surface area contributed by atoms with E-state index in [4.69, 9.17) is 0 Å². The molecule has 148 valence electrons. The molecule has 1 saturated carbocycles. The van der Waals surface area contributed by atoms with Crippen molar-refractivity contribution in [3.8, 4) is 5.75 Å². The lowest BCUT2D eigenvalue weighted by molar-refractivity contribution is 0.0850. The van der Waals surface area contributed by atoms with Crippen LogP contribution in [0.5, 0.6) is 5.75 Å². The van der Waals surface area contributed by atoms with Crippen LogP contribution in [-0.2, 0) is 6.42 Å². The molecule has 1 aliphatic heterocycles. The second-order valence-electron chi connectivity index (χ2n) is 8.63. The third-order valence-electron chi connectivity index (χ3n) is 6.73. The number of likely N-dealkylation sites (tertiary alicyclic amines) is 1. The quantitative estimate of drug-likeness (QED) is 0.728. The van der Waals surface area contributed by atoms with Crippen LogP contribution in [-0.4, -0.2) is 39.9 Å². The molecule has 28 heavy (non-hydrogen) atoms. The molecule has 0 spiro atoms. The van der Waals surface area contributed by atoms with E-state index in [2.05, 4.69) is 40.2 Å². The number of pyridine rings is 1. The molecule has 1 aromatic heterocycles. The zero-order chi connectivity index (χ0) is 19.5. The highest BCUT2D eigenvalue weighted by atomic mass is 16.3. The van der Waals surface area contributed by atoms with Crippen molar-refractivity contribution in [2.75, 3.05) is 13.1 Å². The summed E-state index contributed by atoms with van der Waals surface area (Å²) in [6, 6.07) is 13.8. The number of hydrogen-bond donors (Lipinski definition) is 1. The van der Waals surface area contributed by atoms with Gasteiger partial charge in [-0.15, -0.1) is 0 Å². The number of aryl methyl sites for hydroxylation is 1. The molecule has 0 radical (unpaired) electrons. The third kappa shape index (κ3) is 4.27. The standard InChI is InChI=1S/C24H30N2O2/c1-17(24(28)23-11-10-22(27)14-25-23)26-15-20-12-19(13-21(20)16-26)9-5-8-18-6-3-2-4-7-18/h2-4,6-7,10-11,14,17,19-21,27H,5,8-9,12-13,15-16H2,1H3/t17?,19?,20-,21+. The van der Waals surface area contributed by atoms with Gasteiger partial charge < -0.3 is 5.11 Å². The van der Waals surface area contributed by atoms with Gasteiger partial charge in [0.2, 0.25) is 0 Å². The predicted octanol–water partition coefficient (Wildman–Crippen LogP) is 4.34. The second-order valence-corrected chi connectivity index (χ2v) is 8.63. The maximum absolute atomic E-state index is 12.7. The highest BCUT2D eigenvalue weighted by molar-refractivity contribution is 5.98. The molecular formula is C24H30N2O2. The molecule has 1 aliphatic carbocycles. The van der Waals surface area contributed by atoms with Gasteiger partial charge in [-0.05, 0) is 68.1 Å². The molecule has 2 aromatic rings. The van der Waals surface area contributed by atoms with Crippen LogP contribution in [0.1, 0.15) is 48.7 Å². The van der Waals surface area contributed by atoms with E-state index in [1.54, 1.807) is 6.07 Å². The van der Waals surface area contributed by atoms with E-state index in [-0.39, 0.29) is 17.6 Å². The number of carbonyl (C=O) groups excluding carboxylic acids is 1. The van der Waals surface area contributed by atoms with Gasteiger partial charge in [-0.2, -0.15) is 0 Å². The molecule has 4 heteroatoms. The Bertz CT molecular complexity index is 776. The maximum Gasteiger partial charge on any atom is 0.197 e. The Hall–Kier alpha value is -2.20. The van der Waals surface area contributed by atoms with E-state index in [1.807, 2.05) is 6.92 Å². The molecule has 1 N–H and O–H groups in total. The van der Waals surface area contributed by atoms with Crippen LogP contribution in [0.15, 0.2) is 48.7 Å². The van der Waals surface area contributed by atoms with E-state index in [9.17, 15) is 9.90 Å². The zero-order valence-electron chi connectivity index (χ0n) is 16.6. The third-order valence-corrected chi connectivity index (χ3v) is 6.73. The summed E-state index contributed by atoms with van der Waals surface area (Å²) in [4.78, 5) is 19.1. The number of carbonyl (C=O) groups is 1. The Morgan fingerprint density at radius 1 is 1.14 bits per heavy atom. The topological polar surface area (TPSA) is 53.4 Å². The number of benzene rings is 1. The van der Waals surface area contributed by atoms with Gasteiger partial charge in [0.1, 0.15) is 11.4 Å². The number of Topliss-reactive ketones (excluding diaryl/α,β-unsaturated/α-hetero) is 1. The van der Waals surface area contributed by atoms with Crippen molar-refractivity contribution >= 4 is 5.78 Å². The summed E-state index contributed by atoms with van der Waals surface area (Å²) in [6.07, 6.45) is 7.76. The minimum absolute atomic E-state index is 0.0550. The lowest BCUT2D eigenvalue weighted by atomic mass is 9.96. The molecule has 1 saturated heterocycles. The highest BCUT2D eigenvalue weighted by Crippen LogP contribution is 2.44. The van der Waals surface area contributed by atoms with Crippen molar-refractivity contribution in [1.29, 1.82) is 0 Å². The Kier molecular flexibility index (Phi) is 5.77. The maximum atomic E-state index is 12.7. The molecule has 2 unspecified atom stereocenters. The number of aromatic hydroxyl groups is 1. The fourth-order valence-corrected chi connectivity index (χ4v) is 5.16. The minimum atomic E-state index is -0.140. The summed E-state index contributed by atoms with van der Waals surface area (Å²) in [6.45, 7) is 4.06. The molecule has 2 aliphatic rings. The summed E-state index contributed by atoms with van der Waals surface area (Å²) >= 11 is 0. The number of rotatable bonds is 7. The van der Waals surface area contributed by atoms with Gasteiger partial charge in [0, 0.05) is 13.1 Å². The minimum Gasteiger partial charge on any atom is -0.506 e. The van der Waals surface area contributed by atoms with Crippen LogP contribution in [0.2, 0.25) is 0 Å². The molecule has 0 amide bonds. The van der Waals surface area contributed by atoms with Crippen molar-refractivity contribution in [3.63, 3.8) is 0 Å². The van der Waals surface area contributed by atoms with Gasteiger partial charge in [0.15, 0.2) is 5.78 Å². The van der Waals surface area contributed by atoms with E-state index in [0.717, 1.165) is 30.8 Å². The highest BCUT2D eigenvalue weighted by Gasteiger charge is 2.42. The molecule has 1 aromatic carbocycles. The van der Waals surface area contributed by atoms with Crippen molar-refractivity contribution in [3.05, 3.63) is 59.9 Å². The molecule has 4 rings (SSSR count). The first-order valence-corrected chi connectivity index (χ1v) is 10.6. The first-order valence-electron chi connectivity index (χ1n) is 10.6. The summed E-state index contributed by atoms with van der Waals surface area (Å²) in [5, 5.41) is 9.36. The van der Waals surface area contributed by atoms with Gasteiger partial charge in [0.25, 0.3) is 0 Å². The number of nitrogens with zero attached hydrogens (tertiary/aromatic N) is 2. The van der Waals surface area contributed by atoms with Crippen molar-refractivity contribution < 1.29 is 9.90 Å². The second kappa shape index (κ2) is 8.44.